The van der Waals surface area contributed by atoms with Gasteiger partial charge < -0.3 is 15.3 Å². The molecule has 1 N–H and O–H groups in total. The number of fused-ring (bicyclic) bond motifs is 3. The molecule has 0 amide bonds. The van der Waals surface area contributed by atoms with Gasteiger partial charge in [-0.2, -0.15) is 0 Å². The van der Waals surface area contributed by atoms with E-state index in [-0.39, 0.29) is 0 Å². The zero-order valence-electron chi connectivity index (χ0n) is 7.79. The number of nitrogens with zero attached hydrogens (tertiary/aromatic N) is 1. The number of hydrogen-bond donors (Lipinski definition) is 1. The number of benzene rings is 1. The molecule has 0 aliphatic carbocycles. The van der Waals surface area contributed by atoms with E-state index in [1.807, 2.05) is 12.1 Å². The molecule has 0 radical (unpaired) electrons. The summed E-state index contributed by atoms with van der Waals surface area (Å²) in [6.45, 7) is 1.14. The number of rotatable bonds is 0. The lowest BCUT2D eigenvalue weighted by Crippen LogP contribution is -2.24. The molecule has 0 saturated heterocycles. The molecule has 2 heterocycles. The molecule has 3 rings (SSSR count). The second-order valence-corrected chi connectivity index (χ2v) is 3.74. The highest BCUT2D eigenvalue weighted by molar-refractivity contribution is 5.84. The third-order valence-corrected chi connectivity index (χ3v) is 2.85. The summed E-state index contributed by atoms with van der Waals surface area (Å²) < 4.78 is 0. The molecule has 2 aromatic rings. The number of aromatic amines is 1. The van der Waals surface area contributed by atoms with E-state index in [1.165, 1.54) is 16.6 Å². The quantitative estimate of drug-likeness (QED) is 0.685. The van der Waals surface area contributed by atoms with E-state index >= 15 is 0 Å². The molecule has 1 aliphatic rings. The Morgan fingerprint density at radius 2 is 2.14 bits per heavy atom. The largest absolute Gasteiger partial charge is 0.785 e. The first-order valence-electron chi connectivity index (χ1n) is 4.85. The molecule has 0 saturated carbocycles. The van der Waals surface area contributed by atoms with Gasteiger partial charge in [-0.05, 0) is 24.6 Å². The molecule has 0 unspecified atom stereocenters. The third-order valence-electron chi connectivity index (χ3n) is 2.85. The van der Waals surface area contributed by atoms with Gasteiger partial charge in [-0.3, -0.25) is 0 Å². The van der Waals surface area contributed by atoms with E-state index in [4.69, 9.17) is 0 Å². The molecule has 0 spiro atoms. The van der Waals surface area contributed by atoms with Crippen LogP contribution in [0.4, 0.5) is 0 Å². The maximum Gasteiger partial charge on any atom is 0.0459 e. The molecular weight excluding hydrogens is 176 g/mol. The van der Waals surface area contributed by atoms with Crippen LogP contribution < -0.4 is 0 Å². The summed E-state index contributed by atoms with van der Waals surface area (Å²) in [5.74, 6) is 0. The van der Waals surface area contributed by atoms with Gasteiger partial charge in [0, 0.05) is 23.1 Å². The van der Waals surface area contributed by atoms with Crippen LogP contribution >= 0.6 is 0 Å². The van der Waals surface area contributed by atoms with Crippen LogP contribution in [0.5, 0.6) is 0 Å². The van der Waals surface area contributed by atoms with Gasteiger partial charge >= 0.3 is 0 Å². The van der Waals surface area contributed by atoms with Crippen molar-refractivity contribution in [3.05, 3.63) is 40.7 Å². The first kappa shape index (κ1) is 8.03. The second kappa shape index (κ2) is 2.83. The van der Waals surface area contributed by atoms with Crippen LogP contribution in [-0.2, 0) is 13.0 Å². The number of hydrogen-bond acceptors (Lipinski definition) is 2. The molecule has 72 valence electrons. The molecule has 3 nitrogen and oxygen atoms in total. The van der Waals surface area contributed by atoms with Gasteiger partial charge in [0.1, 0.15) is 0 Å². The van der Waals surface area contributed by atoms with Crippen LogP contribution in [0.1, 0.15) is 11.3 Å². The fourth-order valence-electron chi connectivity index (χ4n) is 2.14. The van der Waals surface area contributed by atoms with E-state index < -0.39 is 0 Å². The predicted molar refractivity (Wildman–Crippen MR) is 55.8 cm³/mol. The van der Waals surface area contributed by atoms with Crippen molar-refractivity contribution in [2.45, 2.75) is 13.0 Å². The zero-order valence-corrected chi connectivity index (χ0v) is 7.79. The van der Waals surface area contributed by atoms with Crippen molar-refractivity contribution >= 4 is 10.9 Å². The Kier molecular flexibility index (Phi) is 1.63. The minimum absolute atomic E-state index is 0.527. The normalized spacial score (nSPS) is 17.2. The van der Waals surface area contributed by atoms with Gasteiger partial charge in [0.15, 0.2) is 0 Å². The van der Waals surface area contributed by atoms with Crippen molar-refractivity contribution in [1.29, 1.82) is 0 Å². The smallest absolute Gasteiger partial charge is 0.0459 e. The summed E-state index contributed by atoms with van der Waals surface area (Å²) in [5, 5.41) is 13.6. The van der Waals surface area contributed by atoms with Crippen LogP contribution in [0, 0.1) is 5.21 Å². The highest BCUT2D eigenvalue weighted by Gasteiger charge is 2.15. The van der Waals surface area contributed by atoms with E-state index in [0.717, 1.165) is 17.0 Å². The van der Waals surface area contributed by atoms with Gasteiger partial charge in [-0.15, -0.1) is 0 Å². The minimum Gasteiger partial charge on any atom is -0.785 e. The van der Waals surface area contributed by atoms with Crippen molar-refractivity contribution in [2.24, 2.45) is 0 Å². The lowest BCUT2D eigenvalue weighted by atomic mass is 10.1. The SMILES string of the molecule is [O-]N1CCc2[nH]c3ccccc3c2C1. The van der Waals surface area contributed by atoms with E-state index in [0.29, 0.717) is 13.1 Å². The maximum atomic E-state index is 11.3. The zero-order chi connectivity index (χ0) is 9.54. The second-order valence-electron chi connectivity index (χ2n) is 3.74. The Hall–Kier alpha value is -1.32. The van der Waals surface area contributed by atoms with Crippen LogP contribution in [0.15, 0.2) is 24.3 Å². The standard InChI is InChI=1S/C11H11N2O/c14-13-6-5-11-9(7-13)8-3-1-2-4-10(8)12-11/h1-4,12H,5-7H2/q-1. The van der Waals surface area contributed by atoms with E-state index in [1.54, 1.807) is 0 Å². The lowest BCUT2D eigenvalue weighted by Gasteiger charge is -2.32. The van der Waals surface area contributed by atoms with Crippen molar-refractivity contribution in [2.75, 3.05) is 6.54 Å². The average Bonchev–Trinajstić information content (AvgIpc) is 2.56. The summed E-state index contributed by atoms with van der Waals surface area (Å²) in [6.07, 6.45) is 0.841. The fraction of sp³-hybridized carbons (Fsp3) is 0.273. The Morgan fingerprint density at radius 3 is 3.07 bits per heavy atom. The summed E-state index contributed by atoms with van der Waals surface area (Å²) in [6, 6.07) is 8.16. The molecule has 1 aromatic carbocycles. The first-order valence-corrected chi connectivity index (χ1v) is 4.85. The molecular formula is C11H11N2O-. The molecule has 1 aliphatic heterocycles. The van der Waals surface area contributed by atoms with Crippen molar-refractivity contribution in [3.8, 4) is 0 Å². The molecule has 0 fully saturated rings. The molecule has 3 heteroatoms. The molecule has 1 aromatic heterocycles. The lowest BCUT2D eigenvalue weighted by molar-refractivity contribution is 0.354. The Labute approximate surface area is 81.9 Å². The van der Waals surface area contributed by atoms with Crippen LogP contribution in [0.3, 0.4) is 0 Å². The van der Waals surface area contributed by atoms with Crippen molar-refractivity contribution in [3.63, 3.8) is 0 Å². The van der Waals surface area contributed by atoms with Gasteiger partial charge in [0.05, 0.1) is 0 Å². The van der Waals surface area contributed by atoms with Crippen LogP contribution in [-0.4, -0.2) is 16.6 Å². The van der Waals surface area contributed by atoms with E-state index in [9.17, 15) is 5.21 Å². The summed E-state index contributed by atoms with van der Waals surface area (Å²) in [5.41, 5.74) is 3.56. The molecule has 0 bridgehead atoms. The van der Waals surface area contributed by atoms with E-state index in [2.05, 4.69) is 17.1 Å². The summed E-state index contributed by atoms with van der Waals surface area (Å²) in [7, 11) is 0. The number of nitrogens with one attached hydrogen (secondary N) is 1. The van der Waals surface area contributed by atoms with Crippen LogP contribution in [0.2, 0.25) is 0 Å². The Morgan fingerprint density at radius 1 is 1.29 bits per heavy atom. The minimum atomic E-state index is 0.527. The summed E-state index contributed by atoms with van der Waals surface area (Å²) in [4.78, 5) is 3.37. The highest BCUT2D eigenvalue weighted by atomic mass is 16.5. The topological polar surface area (TPSA) is 42.1 Å². The van der Waals surface area contributed by atoms with Crippen molar-refractivity contribution in [1.82, 2.24) is 10.0 Å². The molecule has 14 heavy (non-hydrogen) atoms. The van der Waals surface area contributed by atoms with Gasteiger partial charge in [-0.1, -0.05) is 18.2 Å². The van der Waals surface area contributed by atoms with Gasteiger partial charge in [0.25, 0.3) is 0 Å². The fourth-order valence-corrected chi connectivity index (χ4v) is 2.14. The molecule has 0 atom stereocenters. The van der Waals surface area contributed by atoms with Gasteiger partial charge in [-0.25, -0.2) is 0 Å². The highest BCUT2D eigenvalue weighted by Crippen LogP contribution is 2.26. The average molecular weight is 187 g/mol. The monoisotopic (exact) mass is 187 g/mol. The number of hydroxylamine groups is 2. The summed E-state index contributed by atoms with van der Waals surface area (Å²) >= 11 is 0. The number of H-pyrrole nitrogens is 1. The maximum absolute atomic E-state index is 11.3. The first-order chi connectivity index (χ1) is 6.84. The van der Waals surface area contributed by atoms with Crippen LogP contribution in [0.25, 0.3) is 10.9 Å². The Balaban J connectivity index is 2.25. The van der Waals surface area contributed by atoms with Gasteiger partial charge in [0.2, 0.25) is 0 Å². The van der Waals surface area contributed by atoms with Crippen molar-refractivity contribution < 1.29 is 0 Å². The number of para-hydroxylation sites is 1. The number of aromatic nitrogens is 1. The predicted octanol–water partition coefficient (Wildman–Crippen LogP) is 2.02. The third kappa shape index (κ3) is 1.06. The Bertz CT molecular complexity index is 475.